The zero-order valence-electron chi connectivity index (χ0n) is 37.7. The SMILES string of the molecule is [2H]c1c([2H])c([2H])c(-n2c3c([2H])c([2H])c([2H])c([2H])c3c3c([2H])c(-c4nc(-c5ccc(-c6ccccc6)cc5)nc(-c5cccc(-c6ccccc6)c5)n4)c([2H])c([2H])c32)c([2H])c1[2H]. The Balaban J connectivity index is 1.36. The minimum Gasteiger partial charge on any atom is -0.309 e. The Morgan fingerprint density at radius 2 is 0.918 bits per heavy atom. The first kappa shape index (κ1) is 18.6. The molecule has 0 N–H and O–H groups in total. The zero-order chi connectivity index (χ0) is 43.0. The number of benzene rings is 7. The second-order valence-electron chi connectivity index (χ2n) is 11.2. The Morgan fingerprint density at radius 3 is 1.65 bits per heavy atom. The van der Waals surface area contributed by atoms with Gasteiger partial charge in [0.15, 0.2) is 17.5 Å². The maximum Gasteiger partial charge on any atom is 0.164 e. The average Bonchev–Trinajstić information content (AvgIpc) is 3.65. The molecule has 0 atom stereocenters. The molecule has 0 bridgehead atoms. The lowest BCUT2D eigenvalue weighted by Gasteiger charge is -2.11. The molecule has 0 aliphatic rings. The first-order chi connectivity index (χ1) is 29.3. The molecule has 0 saturated heterocycles. The molecule has 4 heteroatoms. The average molecular weight is 639 g/mol. The van der Waals surface area contributed by atoms with E-state index >= 15 is 0 Å². The number of rotatable bonds is 6. The van der Waals surface area contributed by atoms with E-state index in [9.17, 15) is 4.11 Å². The van der Waals surface area contributed by atoms with Gasteiger partial charge >= 0.3 is 0 Å². The third kappa shape index (κ3) is 5.35. The molecule has 0 spiro atoms. The van der Waals surface area contributed by atoms with Crippen LogP contribution in [-0.4, -0.2) is 19.5 Å². The van der Waals surface area contributed by atoms with Crippen LogP contribution in [0, 0.1) is 0 Å². The second-order valence-corrected chi connectivity index (χ2v) is 11.2. The number of nitrogens with zero attached hydrogens (tertiary/aromatic N) is 4. The van der Waals surface area contributed by atoms with E-state index in [0.29, 0.717) is 11.1 Å². The molecule has 2 aromatic heterocycles. The molecule has 230 valence electrons. The van der Waals surface area contributed by atoms with Crippen molar-refractivity contribution in [1.82, 2.24) is 19.5 Å². The molecule has 0 radical (unpaired) electrons. The van der Waals surface area contributed by atoms with Crippen molar-refractivity contribution in [3.63, 3.8) is 0 Å². The fourth-order valence-corrected chi connectivity index (χ4v) is 5.86. The summed E-state index contributed by atoms with van der Waals surface area (Å²) in [6, 6.07) is 26.8. The van der Waals surface area contributed by atoms with Crippen molar-refractivity contribution < 1.29 is 16.4 Å². The first-order valence-electron chi connectivity index (χ1n) is 21.5. The second kappa shape index (κ2) is 12.2. The van der Waals surface area contributed by atoms with Crippen molar-refractivity contribution >= 4 is 21.8 Å². The van der Waals surface area contributed by atoms with Gasteiger partial charge in [-0.05, 0) is 64.6 Å². The summed E-state index contributed by atoms with van der Waals surface area (Å²) in [6.07, 6.45) is 0. The highest BCUT2D eigenvalue weighted by Crippen LogP contribution is 2.35. The van der Waals surface area contributed by atoms with Gasteiger partial charge in [0.05, 0.1) is 27.5 Å². The van der Waals surface area contributed by atoms with Crippen molar-refractivity contribution in [1.29, 1.82) is 0 Å². The Hall–Kier alpha value is -6.65. The normalized spacial score (nSPS) is 14.7. The molecule has 0 aliphatic heterocycles. The van der Waals surface area contributed by atoms with Gasteiger partial charge in [0.2, 0.25) is 0 Å². The number of fused-ring (bicyclic) bond motifs is 3. The van der Waals surface area contributed by atoms with E-state index in [2.05, 4.69) is 0 Å². The monoisotopic (exact) mass is 638 g/mol. The summed E-state index contributed by atoms with van der Waals surface area (Å²) in [4.78, 5) is 14.5. The fraction of sp³-hybridized carbons (Fsp3) is 0. The maximum atomic E-state index is 9.74. The predicted molar refractivity (Wildman–Crippen MR) is 201 cm³/mol. The molecular formula is C45H30N4. The van der Waals surface area contributed by atoms with Gasteiger partial charge in [0, 0.05) is 33.2 Å². The Bertz CT molecular complexity index is 3240. The molecule has 0 saturated carbocycles. The molecule has 2 heterocycles. The van der Waals surface area contributed by atoms with Crippen molar-refractivity contribution in [2.75, 3.05) is 0 Å². The predicted octanol–water partition coefficient (Wildman–Crippen LogP) is 11.3. The molecule has 0 fully saturated rings. The highest BCUT2D eigenvalue weighted by atomic mass is 15.0. The lowest BCUT2D eigenvalue weighted by atomic mass is 10.0. The van der Waals surface area contributed by atoms with Gasteiger partial charge < -0.3 is 4.57 Å². The summed E-state index contributed by atoms with van der Waals surface area (Å²) < 4.78 is 107. The van der Waals surface area contributed by atoms with E-state index in [1.807, 2.05) is 109 Å². The van der Waals surface area contributed by atoms with Gasteiger partial charge in [-0.1, -0.05) is 139 Å². The van der Waals surface area contributed by atoms with Gasteiger partial charge in [-0.15, -0.1) is 0 Å². The van der Waals surface area contributed by atoms with E-state index in [1.165, 1.54) is 0 Å². The molecule has 0 unspecified atom stereocenters. The van der Waals surface area contributed by atoms with Crippen molar-refractivity contribution in [3.05, 3.63) is 182 Å². The van der Waals surface area contributed by atoms with Crippen LogP contribution >= 0.6 is 0 Å². The third-order valence-corrected chi connectivity index (χ3v) is 8.21. The highest BCUT2D eigenvalue weighted by Gasteiger charge is 2.17. The third-order valence-electron chi connectivity index (χ3n) is 8.21. The summed E-state index contributed by atoms with van der Waals surface area (Å²) in [6.45, 7) is 0. The van der Waals surface area contributed by atoms with Gasteiger partial charge in [-0.25, -0.2) is 15.0 Å². The molecule has 0 amide bonds. The summed E-state index contributed by atoms with van der Waals surface area (Å²) in [5, 5.41) is -0.458. The van der Waals surface area contributed by atoms with Crippen LogP contribution in [-0.2, 0) is 0 Å². The fourth-order valence-electron chi connectivity index (χ4n) is 5.86. The molecular weight excluding hydrogens is 597 g/mol. The molecule has 9 rings (SSSR count). The van der Waals surface area contributed by atoms with Gasteiger partial charge in [0.25, 0.3) is 0 Å². The van der Waals surface area contributed by atoms with Crippen molar-refractivity contribution in [2.45, 2.75) is 0 Å². The van der Waals surface area contributed by atoms with Crippen LogP contribution < -0.4 is 0 Å². The first-order valence-corrected chi connectivity index (χ1v) is 15.5. The smallest absolute Gasteiger partial charge is 0.164 e. The minimum atomic E-state index is -0.717. The lowest BCUT2D eigenvalue weighted by molar-refractivity contribution is 1.07. The Labute approximate surface area is 301 Å². The van der Waals surface area contributed by atoms with Crippen LogP contribution in [0.25, 0.3) is 83.9 Å². The zero-order valence-corrected chi connectivity index (χ0v) is 25.7. The van der Waals surface area contributed by atoms with Crippen LogP contribution in [0.5, 0.6) is 0 Å². The quantitative estimate of drug-likeness (QED) is 0.182. The number of hydrogen-bond donors (Lipinski definition) is 0. The summed E-state index contributed by atoms with van der Waals surface area (Å²) in [5.41, 5.74) is 3.55. The molecule has 0 aliphatic carbocycles. The number of aromatic nitrogens is 4. The van der Waals surface area contributed by atoms with Crippen molar-refractivity contribution in [3.8, 4) is 62.1 Å². The largest absolute Gasteiger partial charge is 0.309 e. The van der Waals surface area contributed by atoms with E-state index in [4.69, 9.17) is 27.3 Å². The standard InChI is InChI=1S/C45H30N4/c1-4-13-31(14-5-1)33-23-25-34(26-24-33)43-46-44(36-18-12-17-35(29-36)32-15-6-2-7-16-32)48-45(47-43)37-27-28-42-40(30-37)39-21-10-11-22-41(39)49(42)38-19-8-3-9-20-38/h1-30H/i3D,8D,9D,10D,11D,19D,20D,21D,22D,27D,28D,30D. The molecule has 7 aromatic carbocycles. The van der Waals surface area contributed by atoms with Crippen LogP contribution in [0.2, 0.25) is 0 Å². The van der Waals surface area contributed by atoms with Gasteiger partial charge in [-0.2, -0.15) is 0 Å². The van der Waals surface area contributed by atoms with E-state index in [0.717, 1.165) is 26.8 Å². The Kier molecular flexibility index (Phi) is 4.63. The summed E-state index contributed by atoms with van der Waals surface area (Å²) in [7, 11) is 0. The van der Waals surface area contributed by atoms with Crippen LogP contribution in [0.1, 0.15) is 16.4 Å². The van der Waals surface area contributed by atoms with E-state index in [1.54, 1.807) is 0 Å². The molecule has 4 nitrogen and oxygen atoms in total. The van der Waals surface area contributed by atoms with E-state index in [-0.39, 0.29) is 44.8 Å². The molecule has 9 aromatic rings. The van der Waals surface area contributed by atoms with Crippen LogP contribution in [0.15, 0.2) is 182 Å². The minimum absolute atomic E-state index is 0.160. The topological polar surface area (TPSA) is 43.6 Å². The Morgan fingerprint density at radius 1 is 0.388 bits per heavy atom. The highest BCUT2D eigenvalue weighted by molar-refractivity contribution is 6.10. The molecule has 49 heavy (non-hydrogen) atoms. The van der Waals surface area contributed by atoms with E-state index < -0.39 is 78.2 Å². The number of hydrogen-bond acceptors (Lipinski definition) is 3. The maximum absolute atomic E-state index is 9.74. The van der Waals surface area contributed by atoms with Crippen LogP contribution in [0.4, 0.5) is 0 Å². The summed E-state index contributed by atoms with van der Waals surface area (Å²) >= 11 is 0. The van der Waals surface area contributed by atoms with Gasteiger partial charge in [0.1, 0.15) is 0 Å². The van der Waals surface area contributed by atoms with Crippen molar-refractivity contribution in [2.24, 2.45) is 0 Å². The van der Waals surface area contributed by atoms with Gasteiger partial charge in [-0.3, -0.25) is 0 Å². The van der Waals surface area contributed by atoms with Crippen LogP contribution in [0.3, 0.4) is 0 Å². The lowest BCUT2D eigenvalue weighted by Crippen LogP contribution is -2.00. The summed E-state index contributed by atoms with van der Waals surface area (Å²) in [5.74, 6) is 0.227. The number of para-hydroxylation sites is 2.